The molecule has 1 unspecified atom stereocenters. The van der Waals surface area contributed by atoms with Crippen molar-refractivity contribution < 1.29 is 13.9 Å². The van der Waals surface area contributed by atoms with E-state index in [9.17, 15) is 4.79 Å². The van der Waals surface area contributed by atoms with E-state index in [0.717, 1.165) is 18.9 Å². The Morgan fingerprint density at radius 1 is 1.71 bits per heavy atom. The Morgan fingerprint density at radius 3 is 3.24 bits per heavy atom. The zero-order valence-electron chi connectivity index (χ0n) is 9.94. The maximum atomic E-state index is 11.8. The van der Waals surface area contributed by atoms with Gasteiger partial charge >= 0.3 is 0 Å². The van der Waals surface area contributed by atoms with Gasteiger partial charge in [0.15, 0.2) is 0 Å². The number of carbonyl (C=O) groups is 1. The Labute approximate surface area is 101 Å². The van der Waals surface area contributed by atoms with Crippen LogP contribution >= 0.6 is 0 Å². The summed E-state index contributed by atoms with van der Waals surface area (Å²) in [6, 6.07) is 3.69. The van der Waals surface area contributed by atoms with Crippen LogP contribution in [0.2, 0.25) is 0 Å². The van der Waals surface area contributed by atoms with Crippen LogP contribution in [-0.4, -0.2) is 31.7 Å². The molecule has 0 saturated carbocycles. The fourth-order valence-corrected chi connectivity index (χ4v) is 1.88. The van der Waals surface area contributed by atoms with E-state index >= 15 is 0 Å². The first-order chi connectivity index (χ1) is 8.25. The summed E-state index contributed by atoms with van der Waals surface area (Å²) >= 11 is 0. The predicted molar refractivity (Wildman–Crippen MR) is 62.5 cm³/mol. The molecule has 1 aliphatic heterocycles. The van der Waals surface area contributed by atoms with Gasteiger partial charge in [0.1, 0.15) is 5.76 Å². The highest BCUT2D eigenvalue weighted by Crippen LogP contribution is 2.12. The summed E-state index contributed by atoms with van der Waals surface area (Å²) in [5, 5.41) is 6.15. The first-order valence-electron chi connectivity index (χ1n) is 5.89. The van der Waals surface area contributed by atoms with Crippen molar-refractivity contribution in [1.82, 2.24) is 10.6 Å². The zero-order valence-corrected chi connectivity index (χ0v) is 9.94. The van der Waals surface area contributed by atoms with Crippen molar-refractivity contribution in [3.63, 3.8) is 0 Å². The first-order valence-corrected chi connectivity index (χ1v) is 5.89. The van der Waals surface area contributed by atoms with Gasteiger partial charge in [-0.15, -0.1) is 0 Å². The molecule has 2 atom stereocenters. The molecule has 1 saturated heterocycles. The van der Waals surface area contributed by atoms with Crippen molar-refractivity contribution in [1.29, 1.82) is 0 Å². The van der Waals surface area contributed by atoms with E-state index < -0.39 is 0 Å². The third-order valence-electron chi connectivity index (χ3n) is 2.78. The van der Waals surface area contributed by atoms with Gasteiger partial charge in [-0.3, -0.25) is 4.79 Å². The van der Waals surface area contributed by atoms with Crippen LogP contribution in [0.5, 0.6) is 0 Å². The van der Waals surface area contributed by atoms with E-state index in [1.54, 1.807) is 6.26 Å². The van der Waals surface area contributed by atoms with Crippen LogP contribution in [0.4, 0.5) is 0 Å². The van der Waals surface area contributed by atoms with E-state index in [1.807, 2.05) is 19.1 Å². The second kappa shape index (κ2) is 5.84. The molecule has 2 heterocycles. The lowest BCUT2D eigenvalue weighted by molar-refractivity contribution is -0.123. The molecule has 0 aliphatic carbocycles. The van der Waals surface area contributed by atoms with E-state index in [-0.39, 0.29) is 18.0 Å². The SMILES string of the molecule is C[C@@H](NC(=O)CC1COCCN1)c1ccco1. The molecule has 0 spiro atoms. The maximum absolute atomic E-state index is 11.8. The molecule has 5 nitrogen and oxygen atoms in total. The lowest BCUT2D eigenvalue weighted by Gasteiger charge is -2.23. The van der Waals surface area contributed by atoms with E-state index in [0.29, 0.717) is 13.0 Å². The maximum Gasteiger partial charge on any atom is 0.222 e. The number of morpholine rings is 1. The summed E-state index contributed by atoms with van der Waals surface area (Å²) in [5.41, 5.74) is 0. The Morgan fingerprint density at radius 2 is 2.59 bits per heavy atom. The van der Waals surface area contributed by atoms with E-state index in [2.05, 4.69) is 10.6 Å². The third kappa shape index (κ3) is 3.57. The van der Waals surface area contributed by atoms with Crippen molar-refractivity contribution in [2.75, 3.05) is 19.8 Å². The minimum atomic E-state index is -0.0954. The Kier molecular flexibility index (Phi) is 4.17. The number of hydrogen-bond acceptors (Lipinski definition) is 4. The van der Waals surface area contributed by atoms with Crippen LogP contribution in [0.15, 0.2) is 22.8 Å². The van der Waals surface area contributed by atoms with Gasteiger partial charge in [-0.25, -0.2) is 0 Å². The highest BCUT2D eigenvalue weighted by atomic mass is 16.5. The average molecular weight is 238 g/mol. The summed E-state index contributed by atoms with van der Waals surface area (Å²) < 4.78 is 10.5. The predicted octanol–water partition coefficient (Wildman–Crippen LogP) is 0.835. The topological polar surface area (TPSA) is 63.5 Å². The molecule has 1 aliphatic rings. The van der Waals surface area contributed by atoms with Gasteiger partial charge in [0.05, 0.1) is 25.5 Å². The standard InChI is InChI=1S/C12H18N2O3/c1-9(11-3-2-5-17-11)14-12(15)7-10-8-16-6-4-13-10/h2-3,5,9-10,13H,4,6-8H2,1H3,(H,14,15)/t9-,10?/m1/s1. The second-order valence-electron chi connectivity index (χ2n) is 4.23. The highest BCUT2D eigenvalue weighted by molar-refractivity contribution is 5.77. The van der Waals surface area contributed by atoms with Gasteiger partial charge in [-0.05, 0) is 19.1 Å². The smallest absolute Gasteiger partial charge is 0.222 e. The van der Waals surface area contributed by atoms with Crippen molar-refractivity contribution in [2.45, 2.75) is 25.4 Å². The number of rotatable bonds is 4. The van der Waals surface area contributed by atoms with Crippen LogP contribution in [0.3, 0.4) is 0 Å². The Hall–Kier alpha value is -1.33. The second-order valence-corrected chi connectivity index (χ2v) is 4.23. The summed E-state index contributed by atoms with van der Waals surface area (Å²) in [6.07, 6.45) is 2.04. The summed E-state index contributed by atoms with van der Waals surface area (Å²) in [5.74, 6) is 0.781. The fourth-order valence-electron chi connectivity index (χ4n) is 1.88. The lowest BCUT2D eigenvalue weighted by atomic mass is 10.1. The van der Waals surface area contributed by atoms with Crippen LogP contribution < -0.4 is 10.6 Å². The fraction of sp³-hybridized carbons (Fsp3) is 0.583. The van der Waals surface area contributed by atoms with Gasteiger partial charge in [-0.1, -0.05) is 0 Å². The lowest BCUT2D eigenvalue weighted by Crippen LogP contribution is -2.44. The van der Waals surface area contributed by atoms with E-state index in [1.165, 1.54) is 0 Å². The largest absolute Gasteiger partial charge is 0.467 e. The molecule has 1 aromatic heterocycles. The van der Waals surface area contributed by atoms with Crippen LogP contribution in [-0.2, 0) is 9.53 Å². The summed E-state index contributed by atoms with van der Waals surface area (Å²) in [4.78, 5) is 11.8. The number of carbonyl (C=O) groups excluding carboxylic acids is 1. The number of nitrogens with one attached hydrogen (secondary N) is 2. The molecule has 0 bridgehead atoms. The zero-order chi connectivity index (χ0) is 12.1. The molecule has 2 rings (SSSR count). The molecule has 94 valence electrons. The van der Waals surface area contributed by atoms with Crippen LogP contribution in [0.1, 0.15) is 25.1 Å². The van der Waals surface area contributed by atoms with Crippen molar-refractivity contribution >= 4 is 5.91 Å². The highest BCUT2D eigenvalue weighted by Gasteiger charge is 2.18. The average Bonchev–Trinajstić information content (AvgIpc) is 2.83. The van der Waals surface area contributed by atoms with Gasteiger partial charge < -0.3 is 19.8 Å². The monoisotopic (exact) mass is 238 g/mol. The molecule has 1 amide bonds. The minimum Gasteiger partial charge on any atom is -0.467 e. The third-order valence-corrected chi connectivity index (χ3v) is 2.78. The molecule has 5 heteroatoms. The molecule has 0 aromatic carbocycles. The minimum absolute atomic E-state index is 0.0110. The molecule has 2 N–H and O–H groups in total. The summed E-state index contributed by atoms with van der Waals surface area (Å²) in [7, 11) is 0. The molecule has 0 radical (unpaired) electrons. The van der Waals surface area contributed by atoms with Gasteiger partial charge in [0.2, 0.25) is 5.91 Å². The van der Waals surface area contributed by atoms with Gasteiger partial charge in [0.25, 0.3) is 0 Å². The molecule has 1 aromatic rings. The van der Waals surface area contributed by atoms with Crippen molar-refractivity contribution in [3.05, 3.63) is 24.2 Å². The number of furan rings is 1. The Balaban J connectivity index is 1.76. The number of ether oxygens (including phenoxy) is 1. The quantitative estimate of drug-likeness (QED) is 0.815. The van der Waals surface area contributed by atoms with E-state index in [4.69, 9.17) is 9.15 Å². The number of hydrogen-bond donors (Lipinski definition) is 2. The first kappa shape index (κ1) is 12.1. The number of amides is 1. The molecular formula is C12H18N2O3. The normalized spacial score (nSPS) is 22.1. The van der Waals surface area contributed by atoms with Crippen molar-refractivity contribution in [3.8, 4) is 0 Å². The van der Waals surface area contributed by atoms with Gasteiger partial charge in [-0.2, -0.15) is 0 Å². The molecular weight excluding hydrogens is 220 g/mol. The van der Waals surface area contributed by atoms with Crippen LogP contribution in [0.25, 0.3) is 0 Å². The Bertz CT molecular complexity index is 345. The molecule has 17 heavy (non-hydrogen) atoms. The van der Waals surface area contributed by atoms with Crippen molar-refractivity contribution in [2.24, 2.45) is 0 Å². The van der Waals surface area contributed by atoms with Gasteiger partial charge in [0, 0.05) is 19.0 Å². The van der Waals surface area contributed by atoms with Crippen LogP contribution in [0, 0.1) is 0 Å². The molecule has 1 fully saturated rings. The summed E-state index contributed by atoms with van der Waals surface area (Å²) in [6.45, 7) is 4.04.